The lowest BCUT2D eigenvalue weighted by Crippen LogP contribution is -2.44. The number of piperidine rings is 1. The van der Waals surface area contributed by atoms with Crippen LogP contribution in [0.4, 0.5) is 11.5 Å². The number of hydrogen-bond acceptors (Lipinski definition) is 5. The summed E-state index contributed by atoms with van der Waals surface area (Å²) < 4.78 is 7.89. The number of aromatic nitrogens is 2. The fourth-order valence-electron chi connectivity index (χ4n) is 3.53. The Balaban J connectivity index is 1.68. The van der Waals surface area contributed by atoms with Crippen molar-refractivity contribution in [1.82, 2.24) is 9.13 Å². The van der Waals surface area contributed by atoms with Gasteiger partial charge in [0.05, 0.1) is 7.11 Å². The van der Waals surface area contributed by atoms with Crippen LogP contribution in [0.5, 0.6) is 5.75 Å². The molecule has 0 unspecified atom stereocenters. The van der Waals surface area contributed by atoms with E-state index in [1.165, 1.54) is 13.1 Å². The Labute approximate surface area is 163 Å². The molecule has 1 saturated heterocycles. The maximum Gasteiger partial charge on any atom is 0.332 e. The van der Waals surface area contributed by atoms with Crippen LogP contribution in [0.15, 0.2) is 39.9 Å². The minimum Gasteiger partial charge on any atom is -0.497 e. The summed E-state index contributed by atoms with van der Waals surface area (Å²) in [5.41, 5.74) is 0.0728. The molecule has 0 saturated carbocycles. The van der Waals surface area contributed by atoms with E-state index in [4.69, 9.17) is 4.74 Å². The Kier molecular flexibility index (Phi) is 5.87. The van der Waals surface area contributed by atoms with E-state index in [9.17, 15) is 14.4 Å². The number of hydrogen-bond donors (Lipinski definition) is 1. The first-order chi connectivity index (χ1) is 13.4. The van der Waals surface area contributed by atoms with Crippen LogP contribution < -0.4 is 26.2 Å². The molecule has 2 heterocycles. The molecule has 1 aliphatic rings. The lowest BCUT2D eigenvalue weighted by Gasteiger charge is -2.34. The maximum atomic E-state index is 12.6. The maximum absolute atomic E-state index is 12.6. The first-order valence-electron chi connectivity index (χ1n) is 9.45. The van der Waals surface area contributed by atoms with E-state index < -0.39 is 0 Å². The van der Waals surface area contributed by atoms with E-state index in [0.717, 1.165) is 4.57 Å². The van der Waals surface area contributed by atoms with E-state index in [-0.39, 0.29) is 23.1 Å². The Morgan fingerprint density at radius 3 is 2.57 bits per heavy atom. The molecule has 1 N–H and O–H groups in total. The molecule has 1 aromatic heterocycles. The molecule has 0 aliphatic carbocycles. The molecule has 0 spiro atoms. The summed E-state index contributed by atoms with van der Waals surface area (Å²) in [6, 6.07) is 8.77. The van der Waals surface area contributed by atoms with Crippen molar-refractivity contribution in [3.63, 3.8) is 0 Å². The second-order valence-electron chi connectivity index (χ2n) is 6.91. The fraction of sp³-hybridized carbons (Fsp3) is 0.450. The molecule has 1 amide bonds. The number of carbonyl (C=O) groups excluding carboxylic acids is 1. The van der Waals surface area contributed by atoms with Gasteiger partial charge in [0.15, 0.2) is 0 Å². The Morgan fingerprint density at radius 1 is 1.21 bits per heavy atom. The molecule has 2 aromatic rings. The molecule has 1 aromatic carbocycles. The van der Waals surface area contributed by atoms with Gasteiger partial charge in [0.25, 0.3) is 5.56 Å². The van der Waals surface area contributed by atoms with E-state index in [1.54, 1.807) is 17.7 Å². The zero-order chi connectivity index (χ0) is 20.3. The predicted octanol–water partition coefficient (Wildman–Crippen LogP) is 1.43. The topological polar surface area (TPSA) is 85.6 Å². The summed E-state index contributed by atoms with van der Waals surface area (Å²) in [6.45, 7) is 3.59. The predicted molar refractivity (Wildman–Crippen MR) is 108 cm³/mol. The largest absolute Gasteiger partial charge is 0.497 e. The van der Waals surface area contributed by atoms with Crippen molar-refractivity contribution in [2.75, 3.05) is 30.4 Å². The number of carbonyl (C=O) groups is 1. The average Bonchev–Trinajstić information content (AvgIpc) is 2.72. The van der Waals surface area contributed by atoms with Gasteiger partial charge >= 0.3 is 5.69 Å². The molecule has 1 fully saturated rings. The SMILES string of the molecule is CCn1c(N2CCC(C(=O)Nc3cccc(OC)c3)CC2)cc(=O)n(C)c1=O. The fourth-order valence-corrected chi connectivity index (χ4v) is 3.53. The smallest absolute Gasteiger partial charge is 0.332 e. The van der Waals surface area contributed by atoms with Gasteiger partial charge in [-0.05, 0) is 31.9 Å². The van der Waals surface area contributed by atoms with Crippen LogP contribution in [-0.2, 0) is 18.4 Å². The van der Waals surface area contributed by atoms with Gasteiger partial charge in [0, 0.05) is 50.4 Å². The monoisotopic (exact) mass is 386 g/mol. The number of nitrogens with one attached hydrogen (secondary N) is 1. The number of anilines is 2. The Hall–Kier alpha value is -3.03. The van der Waals surface area contributed by atoms with Gasteiger partial charge in [-0.15, -0.1) is 0 Å². The number of nitrogens with zero attached hydrogens (tertiary/aromatic N) is 3. The molecular weight excluding hydrogens is 360 g/mol. The van der Waals surface area contributed by atoms with Crippen molar-refractivity contribution in [3.8, 4) is 5.75 Å². The van der Waals surface area contributed by atoms with Crippen LogP contribution in [0.1, 0.15) is 19.8 Å². The molecule has 3 rings (SSSR count). The highest BCUT2D eigenvalue weighted by atomic mass is 16.5. The lowest BCUT2D eigenvalue weighted by molar-refractivity contribution is -0.120. The van der Waals surface area contributed by atoms with Crippen LogP contribution in [0, 0.1) is 5.92 Å². The third-order valence-corrected chi connectivity index (χ3v) is 5.22. The third-order valence-electron chi connectivity index (χ3n) is 5.22. The molecule has 0 radical (unpaired) electrons. The molecule has 0 atom stereocenters. The zero-order valence-electron chi connectivity index (χ0n) is 16.5. The summed E-state index contributed by atoms with van der Waals surface area (Å²) in [6.07, 6.45) is 1.31. The third kappa shape index (κ3) is 3.95. The van der Waals surface area contributed by atoms with Crippen molar-refractivity contribution in [2.45, 2.75) is 26.3 Å². The number of methoxy groups -OCH3 is 1. The molecule has 28 heavy (non-hydrogen) atoms. The highest BCUT2D eigenvalue weighted by Gasteiger charge is 2.27. The van der Waals surface area contributed by atoms with Gasteiger partial charge in [-0.25, -0.2) is 4.79 Å². The van der Waals surface area contributed by atoms with Crippen LogP contribution in [0.3, 0.4) is 0 Å². The summed E-state index contributed by atoms with van der Waals surface area (Å²) in [5, 5.41) is 2.94. The lowest BCUT2D eigenvalue weighted by atomic mass is 9.95. The molecule has 1 aliphatic heterocycles. The van der Waals surface area contributed by atoms with Crippen LogP contribution in [-0.4, -0.2) is 35.2 Å². The summed E-state index contributed by atoms with van der Waals surface area (Å²) in [7, 11) is 3.07. The van der Waals surface area contributed by atoms with Gasteiger partial charge < -0.3 is 15.0 Å². The second kappa shape index (κ2) is 8.33. The number of ether oxygens (including phenoxy) is 1. The van der Waals surface area contributed by atoms with E-state index in [2.05, 4.69) is 5.32 Å². The standard InChI is InChI=1S/C20H26N4O4/c1-4-24-17(13-18(25)22(2)20(24)27)23-10-8-14(9-11-23)19(26)21-15-6-5-7-16(12-15)28-3/h5-7,12-14H,4,8-11H2,1-3H3,(H,21,26). The van der Waals surface area contributed by atoms with Crippen LogP contribution in [0.2, 0.25) is 0 Å². The van der Waals surface area contributed by atoms with E-state index in [1.807, 2.05) is 30.0 Å². The van der Waals surface area contributed by atoms with Crippen molar-refractivity contribution in [1.29, 1.82) is 0 Å². The number of rotatable bonds is 5. The average molecular weight is 386 g/mol. The highest BCUT2D eigenvalue weighted by molar-refractivity contribution is 5.92. The van der Waals surface area contributed by atoms with Crippen molar-refractivity contribution in [2.24, 2.45) is 13.0 Å². The first-order valence-corrected chi connectivity index (χ1v) is 9.45. The summed E-state index contributed by atoms with van der Waals surface area (Å²) in [4.78, 5) is 39.0. The summed E-state index contributed by atoms with van der Waals surface area (Å²) >= 11 is 0. The quantitative estimate of drug-likeness (QED) is 0.840. The van der Waals surface area contributed by atoms with Crippen molar-refractivity contribution in [3.05, 3.63) is 51.2 Å². The zero-order valence-corrected chi connectivity index (χ0v) is 16.5. The molecule has 0 bridgehead atoms. The van der Waals surface area contributed by atoms with Crippen LogP contribution in [0.25, 0.3) is 0 Å². The minimum atomic E-state index is -0.317. The molecule has 150 valence electrons. The Bertz CT molecular complexity index is 971. The normalized spacial score (nSPS) is 14.8. The van der Waals surface area contributed by atoms with Crippen LogP contribution >= 0.6 is 0 Å². The van der Waals surface area contributed by atoms with Gasteiger partial charge in [0.2, 0.25) is 5.91 Å². The van der Waals surface area contributed by atoms with Gasteiger partial charge in [-0.1, -0.05) is 6.07 Å². The summed E-state index contributed by atoms with van der Waals surface area (Å²) in [5.74, 6) is 1.18. The highest BCUT2D eigenvalue weighted by Crippen LogP contribution is 2.24. The minimum absolute atomic E-state index is 0.0234. The first kappa shape index (κ1) is 19.7. The molecule has 8 heteroatoms. The van der Waals surface area contributed by atoms with E-state index >= 15 is 0 Å². The van der Waals surface area contributed by atoms with Crippen molar-refractivity contribution < 1.29 is 9.53 Å². The van der Waals surface area contributed by atoms with Gasteiger partial charge in [-0.2, -0.15) is 0 Å². The van der Waals surface area contributed by atoms with Gasteiger partial charge in [0.1, 0.15) is 11.6 Å². The molecular formula is C20H26N4O4. The molecule has 8 nitrogen and oxygen atoms in total. The number of amides is 1. The number of benzene rings is 1. The van der Waals surface area contributed by atoms with E-state index in [0.29, 0.717) is 49.7 Å². The van der Waals surface area contributed by atoms with Gasteiger partial charge in [-0.3, -0.25) is 18.7 Å². The van der Waals surface area contributed by atoms with Crippen molar-refractivity contribution >= 4 is 17.4 Å². The Morgan fingerprint density at radius 2 is 1.93 bits per heavy atom. The second-order valence-corrected chi connectivity index (χ2v) is 6.91.